The molecular formula is C24H33NO3. The average Bonchev–Trinajstić information content (AvgIpc) is 2.96. The second-order valence-corrected chi connectivity index (χ2v) is 7.79. The molecule has 3 rings (SSSR count). The molecule has 0 unspecified atom stereocenters. The van der Waals surface area contributed by atoms with Gasteiger partial charge in [0.2, 0.25) is 0 Å². The number of anilines is 1. The number of hydrogen-bond donors (Lipinski definition) is 1. The highest BCUT2D eigenvalue weighted by atomic mass is 16.5. The zero-order chi connectivity index (χ0) is 20.0. The summed E-state index contributed by atoms with van der Waals surface area (Å²) in [7, 11) is 0. The van der Waals surface area contributed by atoms with Gasteiger partial charge >= 0.3 is 0 Å². The topological polar surface area (TPSA) is 47.6 Å². The summed E-state index contributed by atoms with van der Waals surface area (Å²) in [5, 5.41) is 5.20. The molecule has 0 aliphatic heterocycles. The highest BCUT2D eigenvalue weighted by Crippen LogP contribution is 2.35. The Kier molecular flexibility index (Phi) is 6.95. The van der Waals surface area contributed by atoms with Gasteiger partial charge in [-0.2, -0.15) is 0 Å². The van der Waals surface area contributed by atoms with Crippen molar-refractivity contribution in [2.24, 2.45) is 0 Å². The normalized spacial score (nSPS) is 17.7. The second-order valence-electron chi connectivity index (χ2n) is 7.79. The molecule has 0 bridgehead atoms. The van der Waals surface area contributed by atoms with Crippen molar-refractivity contribution < 1.29 is 14.3 Å². The van der Waals surface area contributed by atoms with Crippen molar-refractivity contribution in [1.29, 1.82) is 0 Å². The van der Waals surface area contributed by atoms with E-state index in [9.17, 15) is 4.79 Å². The number of ether oxygens (including phenoxy) is 2. The third kappa shape index (κ3) is 4.49. The van der Waals surface area contributed by atoms with Crippen molar-refractivity contribution in [3.63, 3.8) is 0 Å². The van der Waals surface area contributed by atoms with Crippen LogP contribution in [0.1, 0.15) is 65.7 Å². The fourth-order valence-corrected chi connectivity index (χ4v) is 4.03. The van der Waals surface area contributed by atoms with Gasteiger partial charge < -0.3 is 14.8 Å². The van der Waals surface area contributed by atoms with E-state index in [-0.39, 0.29) is 12.0 Å². The van der Waals surface area contributed by atoms with Crippen LogP contribution in [0.3, 0.4) is 0 Å². The van der Waals surface area contributed by atoms with Crippen LogP contribution < -0.4 is 10.1 Å². The summed E-state index contributed by atoms with van der Waals surface area (Å²) in [5.41, 5.74) is 0.110. The molecule has 0 aromatic heterocycles. The molecule has 0 saturated heterocycles. The quantitative estimate of drug-likeness (QED) is 0.589. The third-order valence-corrected chi connectivity index (χ3v) is 5.78. The lowest BCUT2D eigenvalue weighted by Gasteiger charge is -2.31. The van der Waals surface area contributed by atoms with Crippen LogP contribution in [-0.2, 0) is 9.53 Å². The molecule has 4 nitrogen and oxygen atoms in total. The molecular weight excluding hydrogens is 350 g/mol. The number of carbonyl (C=O) groups is 1. The lowest BCUT2D eigenvalue weighted by Crippen LogP contribution is -2.45. The maximum atomic E-state index is 13.3. The highest BCUT2D eigenvalue weighted by Gasteiger charge is 2.39. The van der Waals surface area contributed by atoms with Gasteiger partial charge in [-0.3, -0.25) is 4.79 Å². The molecule has 0 spiro atoms. The van der Waals surface area contributed by atoms with E-state index in [4.69, 9.17) is 9.47 Å². The van der Waals surface area contributed by atoms with Crippen molar-refractivity contribution in [1.82, 2.24) is 0 Å². The van der Waals surface area contributed by atoms with Crippen molar-refractivity contribution in [2.75, 3.05) is 11.9 Å². The maximum Gasteiger partial charge on any atom is 0.256 e. The van der Waals surface area contributed by atoms with E-state index < -0.39 is 5.60 Å². The molecule has 1 aliphatic rings. The summed E-state index contributed by atoms with van der Waals surface area (Å²) < 4.78 is 12.1. The van der Waals surface area contributed by atoms with E-state index in [1.807, 2.05) is 43.3 Å². The summed E-state index contributed by atoms with van der Waals surface area (Å²) in [6.45, 7) is 6.70. The molecule has 1 amide bonds. The molecule has 1 fully saturated rings. The Morgan fingerprint density at radius 1 is 1.04 bits per heavy atom. The Hall–Kier alpha value is -2.07. The zero-order valence-electron chi connectivity index (χ0n) is 17.4. The van der Waals surface area contributed by atoms with E-state index in [1.165, 1.54) is 12.8 Å². The molecule has 1 atom stereocenters. The summed E-state index contributed by atoms with van der Waals surface area (Å²) in [6.07, 6.45) is 7.10. The summed E-state index contributed by atoms with van der Waals surface area (Å²) in [4.78, 5) is 13.3. The average molecular weight is 384 g/mol. The SMILES string of the molecule is CCOC1(C(=O)Nc2ccc(O[C@@H](C)CC)c3ccccc23)CCCCCC1. The summed E-state index contributed by atoms with van der Waals surface area (Å²) in [6, 6.07) is 12.0. The van der Waals surface area contributed by atoms with Crippen LogP contribution in [0.15, 0.2) is 36.4 Å². The van der Waals surface area contributed by atoms with E-state index in [0.717, 1.165) is 54.3 Å². The molecule has 0 heterocycles. The Bertz CT molecular complexity index is 794. The number of hydrogen-bond acceptors (Lipinski definition) is 3. The first kappa shape index (κ1) is 20.7. The fraction of sp³-hybridized carbons (Fsp3) is 0.542. The molecule has 1 aliphatic carbocycles. The lowest BCUT2D eigenvalue weighted by atomic mass is 9.92. The minimum Gasteiger partial charge on any atom is -0.490 e. The molecule has 152 valence electrons. The Labute approximate surface area is 168 Å². The van der Waals surface area contributed by atoms with Gasteiger partial charge in [0.15, 0.2) is 0 Å². The molecule has 2 aromatic rings. The zero-order valence-corrected chi connectivity index (χ0v) is 17.4. The van der Waals surface area contributed by atoms with Gasteiger partial charge in [0.25, 0.3) is 5.91 Å². The van der Waals surface area contributed by atoms with Gasteiger partial charge in [0.1, 0.15) is 11.4 Å². The van der Waals surface area contributed by atoms with Crippen LogP contribution in [0.4, 0.5) is 5.69 Å². The minimum atomic E-state index is -0.710. The Morgan fingerprint density at radius 3 is 2.36 bits per heavy atom. The minimum absolute atomic E-state index is 0.0167. The fourth-order valence-electron chi connectivity index (χ4n) is 4.03. The maximum absolute atomic E-state index is 13.3. The van der Waals surface area contributed by atoms with Gasteiger partial charge in [-0.05, 0) is 45.2 Å². The van der Waals surface area contributed by atoms with Crippen LogP contribution in [0.2, 0.25) is 0 Å². The number of amides is 1. The van der Waals surface area contributed by atoms with E-state index in [0.29, 0.717) is 6.61 Å². The standard InChI is InChI=1S/C24H33NO3/c1-4-18(3)28-22-15-14-21(19-12-8-9-13-20(19)22)25-23(26)24(27-5-2)16-10-6-7-11-17-24/h8-9,12-15,18H,4-7,10-11,16-17H2,1-3H3,(H,25,26)/t18-/m0/s1. The van der Waals surface area contributed by atoms with Crippen LogP contribution in [0.25, 0.3) is 10.8 Å². The first-order valence-electron chi connectivity index (χ1n) is 10.7. The molecule has 0 radical (unpaired) electrons. The van der Waals surface area contributed by atoms with Gasteiger partial charge in [-0.25, -0.2) is 0 Å². The second kappa shape index (κ2) is 9.42. The monoisotopic (exact) mass is 383 g/mol. The van der Waals surface area contributed by atoms with Crippen LogP contribution in [-0.4, -0.2) is 24.2 Å². The van der Waals surface area contributed by atoms with Crippen molar-refractivity contribution in [3.8, 4) is 5.75 Å². The lowest BCUT2D eigenvalue weighted by molar-refractivity contribution is -0.143. The highest BCUT2D eigenvalue weighted by molar-refractivity contribution is 6.06. The molecule has 2 aromatic carbocycles. The number of nitrogens with one attached hydrogen (secondary N) is 1. The van der Waals surface area contributed by atoms with Crippen LogP contribution in [0, 0.1) is 0 Å². The summed E-state index contributed by atoms with van der Waals surface area (Å²) >= 11 is 0. The van der Waals surface area contributed by atoms with E-state index >= 15 is 0 Å². The first-order chi connectivity index (χ1) is 13.6. The van der Waals surface area contributed by atoms with E-state index in [2.05, 4.69) is 19.2 Å². The first-order valence-corrected chi connectivity index (χ1v) is 10.7. The number of carbonyl (C=O) groups excluding carboxylic acids is 1. The van der Waals surface area contributed by atoms with Gasteiger partial charge in [0, 0.05) is 23.1 Å². The van der Waals surface area contributed by atoms with Gasteiger partial charge in [0.05, 0.1) is 6.10 Å². The van der Waals surface area contributed by atoms with Crippen molar-refractivity contribution in [2.45, 2.75) is 77.4 Å². The van der Waals surface area contributed by atoms with Crippen molar-refractivity contribution >= 4 is 22.4 Å². The number of rotatable bonds is 7. The third-order valence-electron chi connectivity index (χ3n) is 5.78. The van der Waals surface area contributed by atoms with Crippen molar-refractivity contribution in [3.05, 3.63) is 36.4 Å². The van der Waals surface area contributed by atoms with E-state index in [1.54, 1.807) is 0 Å². The molecule has 1 saturated carbocycles. The molecule has 1 N–H and O–H groups in total. The predicted octanol–water partition coefficient (Wildman–Crippen LogP) is 6.09. The number of fused-ring (bicyclic) bond motifs is 1. The van der Waals surface area contributed by atoms with Crippen LogP contribution >= 0.6 is 0 Å². The smallest absolute Gasteiger partial charge is 0.256 e. The van der Waals surface area contributed by atoms with Gasteiger partial charge in [-0.15, -0.1) is 0 Å². The Morgan fingerprint density at radius 2 is 1.71 bits per heavy atom. The molecule has 28 heavy (non-hydrogen) atoms. The van der Waals surface area contributed by atoms with Gasteiger partial charge in [-0.1, -0.05) is 56.9 Å². The molecule has 4 heteroatoms. The van der Waals surface area contributed by atoms with Crippen LogP contribution in [0.5, 0.6) is 5.75 Å². The predicted molar refractivity (Wildman–Crippen MR) is 115 cm³/mol. The largest absolute Gasteiger partial charge is 0.490 e. The number of benzene rings is 2. The Balaban J connectivity index is 1.91. The summed E-state index contributed by atoms with van der Waals surface area (Å²) in [5.74, 6) is 0.842.